The SMILES string of the molecule is CCCC(CNCC(C)C)CC1CCOCC1. The molecule has 1 saturated heterocycles. The van der Waals surface area contributed by atoms with Gasteiger partial charge in [-0.1, -0.05) is 27.2 Å². The van der Waals surface area contributed by atoms with Crippen molar-refractivity contribution in [2.75, 3.05) is 26.3 Å². The van der Waals surface area contributed by atoms with Crippen molar-refractivity contribution in [2.45, 2.75) is 52.9 Å². The number of rotatable bonds is 8. The van der Waals surface area contributed by atoms with Gasteiger partial charge < -0.3 is 10.1 Å². The second-order valence-corrected chi connectivity index (χ2v) is 6.00. The highest BCUT2D eigenvalue weighted by atomic mass is 16.5. The molecule has 0 aromatic carbocycles. The van der Waals surface area contributed by atoms with Crippen LogP contribution in [0, 0.1) is 17.8 Å². The lowest BCUT2D eigenvalue weighted by Gasteiger charge is -2.27. The average Bonchev–Trinajstić information content (AvgIpc) is 2.30. The standard InChI is InChI=1S/C15H31NO/c1-4-5-15(12-16-11-13(2)3)10-14-6-8-17-9-7-14/h13-16H,4-12H2,1-3H3. The predicted molar refractivity (Wildman–Crippen MR) is 74.3 cm³/mol. The molecule has 2 heteroatoms. The lowest BCUT2D eigenvalue weighted by molar-refractivity contribution is 0.0579. The second-order valence-electron chi connectivity index (χ2n) is 6.00. The van der Waals surface area contributed by atoms with Crippen LogP contribution in [0.15, 0.2) is 0 Å². The summed E-state index contributed by atoms with van der Waals surface area (Å²) in [5.74, 6) is 2.56. The summed E-state index contributed by atoms with van der Waals surface area (Å²) in [5.41, 5.74) is 0. The molecular weight excluding hydrogens is 210 g/mol. The third-order valence-electron chi connectivity index (χ3n) is 3.69. The molecule has 0 saturated carbocycles. The molecular formula is C15H31NO. The third-order valence-corrected chi connectivity index (χ3v) is 3.69. The van der Waals surface area contributed by atoms with E-state index in [4.69, 9.17) is 4.74 Å². The van der Waals surface area contributed by atoms with E-state index in [1.54, 1.807) is 0 Å². The molecule has 2 nitrogen and oxygen atoms in total. The summed E-state index contributed by atoms with van der Waals surface area (Å²) >= 11 is 0. The topological polar surface area (TPSA) is 21.3 Å². The number of nitrogens with one attached hydrogen (secondary N) is 1. The van der Waals surface area contributed by atoms with Gasteiger partial charge in [0.1, 0.15) is 0 Å². The van der Waals surface area contributed by atoms with Crippen LogP contribution in [0.5, 0.6) is 0 Å². The van der Waals surface area contributed by atoms with Crippen LogP contribution >= 0.6 is 0 Å². The Hall–Kier alpha value is -0.0800. The fourth-order valence-corrected chi connectivity index (χ4v) is 2.74. The van der Waals surface area contributed by atoms with E-state index in [1.807, 2.05) is 0 Å². The van der Waals surface area contributed by atoms with Gasteiger partial charge in [-0.25, -0.2) is 0 Å². The first-order chi connectivity index (χ1) is 8.22. The van der Waals surface area contributed by atoms with Gasteiger partial charge in [0.15, 0.2) is 0 Å². The number of hydrogen-bond donors (Lipinski definition) is 1. The first kappa shape index (κ1) is 15.0. The van der Waals surface area contributed by atoms with Crippen LogP contribution < -0.4 is 5.32 Å². The van der Waals surface area contributed by atoms with E-state index >= 15 is 0 Å². The monoisotopic (exact) mass is 241 g/mol. The molecule has 1 atom stereocenters. The van der Waals surface area contributed by atoms with E-state index in [0.29, 0.717) is 0 Å². The van der Waals surface area contributed by atoms with Gasteiger partial charge in [-0.2, -0.15) is 0 Å². The van der Waals surface area contributed by atoms with E-state index < -0.39 is 0 Å². The van der Waals surface area contributed by atoms with Gasteiger partial charge in [-0.05, 0) is 56.5 Å². The molecule has 0 amide bonds. The zero-order valence-electron chi connectivity index (χ0n) is 12.0. The Morgan fingerprint density at radius 3 is 2.47 bits per heavy atom. The lowest BCUT2D eigenvalue weighted by Crippen LogP contribution is -2.29. The van der Waals surface area contributed by atoms with Crippen LogP contribution in [0.3, 0.4) is 0 Å². The molecule has 1 aliphatic rings. The van der Waals surface area contributed by atoms with Crippen molar-refractivity contribution in [1.29, 1.82) is 0 Å². The summed E-state index contributed by atoms with van der Waals surface area (Å²) in [4.78, 5) is 0. The summed E-state index contributed by atoms with van der Waals surface area (Å²) in [7, 11) is 0. The Bertz CT molecular complexity index is 176. The second kappa shape index (κ2) is 8.93. The summed E-state index contributed by atoms with van der Waals surface area (Å²) in [6.45, 7) is 11.2. The Kier molecular flexibility index (Phi) is 7.87. The van der Waals surface area contributed by atoms with Crippen LogP contribution in [-0.4, -0.2) is 26.3 Å². The molecule has 0 radical (unpaired) electrons. The summed E-state index contributed by atoms with van der Waals surface area (Å²) in [6.07, 6.45) is 6.66. The fraction of sp³-hybridized carbons (Fsp3) is 1.00. The van der Waals surface area contributed by atoms with E-state index in [-0.39, 0.29) is 0 Å². The van der Waals surface area contributed by atoms with Crippen molar-refractivity contribution in [3.63, 3.8) is 0 Å². The molecule has 0 spiro atoms. The highest BCUT2D eigenvalue weighted by molar-refractivity contribution is 4.71. The van der Waals surface area contributed by atoms with Gasteiger partial charge >= 0.3 is 0 Å². The van der Waals surface area contributed by atoms with Crippen LogP contribution in [0.4, 0.5) is 0 Å². The van der Waals surface area contributed by atoms with Crippen LogP contribution in [0.1, 0.15) is 52.9 Å². The van der Waals surface area contributed by atoms with Crippen molar-refractivity contribution in [3.8, 4) is 0 Å². The van der Waals surface area contributed by atoms with E-state index in [9.17, 15) is 0 Å². The summed E-state index contributed by atoms with van der Waals surface area (Å²) < 4.78 is 5.44. The fourth-order valence-electron chi connectivity index (χ4n) is 2.74. The van der Waals surface area contributed by atoms with E-state index in [2.05, 4.69) is 26.1 Å². The maximum Gasteiger partial charge on any atom is 0.0468 e. The van der Waals surface area contributed by atoms with Gasteiger partial charge in [0.05, 0.1) is 0 Å². The lowest BCUT2D eigenvalue weighted by atomic mass is 9.86. The molecule has 1 fully saturated rings. The quantitative estimate of drug-likeness (QED) is 0.702. The zero-order valence-corrected chi connectivity index (χ0v) is 12.0. The highest BCUT2D eigenvalue weighted by Crippen LogP contribution is 2.25. The van der Waals surface area contributed by atoms with Crippen LogP contribution in [0.2, 0.25) is 0 Å². The Balaban J connectivity index is 2.21. The normalized spacial score (nSPS) is 19.8. The van der Waals surface area contributed by atoms with Gasteiger partial charge in [-0.15, -0.1) is 0 Å². The van der Waals surface area contributed by atoms with Crippen molar-refractivity contribution in [3.05, 3.63) is 0 Å². The molecule has 0 aromatic rings. The molecule has 1 N–H and O–H groups in total. The Morgan fingerprint density at radius 1 is 1.18 bits per heavy atom. The molecule has 0 bridgehead atoms. The molecule has 102 valence electrons. The maximum absolute atomic E-state index is 5.44. The van der Waals surface area contributed by atoms with Crippen LogP contribution in [-0.2, 0) is 4.74 Å². The Labute approximate surface area is 108 Å². The van der Waals surface area contributed by atoms with Gasteiger partial charge in [0, 0.05) is 13.2 Å². The van der Waals surface area contributed by atoms with Gasteiger partial charge in [0.25, 0.3) is 0 Å². The smallest absolute Gasteiger partial charge is 0.0468 e. The minimum Gasteiger partial charge on any atom is -0.381 e. The highest BCUT2D eigenvalue weighted by Gasteiger charge is 2.18. The first-order valence-corrected chi connectivity index (χ1v) is 7.50. The van der Waals surface area contributed by atoms with Gasteiger partial charge in [-0.3, -0.25) is 0 Å². The molecule has 1 aliphatic heterocycles. The first-order valence-electron chi connectivity index (χ1n) is 7.50. The van der Waals surface area contributed by atoms with Crippen molar-refractivity contribution in [2.24, 2.45) is 17.8 Å². The molecule has 0 aromatic heterocycles. The van der Waals surface area contributed by atoms with Crippen LogP contribution in [0.25, 0.3) is 0 Å². The van der Waals surface area contributed by atoms with Crippen molar-refractivity contribution < 1.29 is 4.74 Å². The van der Waals surface area contributed by atoms with Crippen molar-refractivity contribution in [1.82, 2.24) is 5.32 Å². The van der Waals surface area contributed by atoms with Crippen molar-refractivity contribution >= 4 is 0 Å². The third kappa shape index (κ3) is 7.05. The largest absolute Gasteiger partial charge is 0.381 e. The molecule has 1 heterocycles. The molecule has 1 unspecified atom stereocenters. The predicted octanol–water partition coefficient (Wildman–Crippen LogP) is 3.47. The average molecular weight is 241 g/mol. The minimum atomic E-state index is 0.764. The number of ether oxygens (including phenoxy) is 1. The van der Waals surface area contributed by atoms with E-state index in [0.717, 1.165) is 37.5 Å². The molecule has 0 aliphatic carbocycles. The summed E-state index contributed by atoms with van der Waals surface area (Å²) in [5, 5.41) is 3.63. The van der Waals surface area contributed by atoms with Gasteiger partial charge in [0.2, 0.25) is 0 Å². The Morgan fingerprint density at radius 2 is 1.88 bits per heavy atom. The zero-order chi connectivity index (χ0) is 12.5. The molecule has 1 rings (SSSR count). The maximum atomic E-state index is 5.44. The minimum absolute atomic E-state index is 0.764. The number of hydrogen-bond acceptors (Lipinski definition) is 2. The summed E-state index contributed by atoms with van der Waals surface area (Å²) in [6, 6.07) is 0. The van der Waals surface area contributed by atoms with E-state index in [1.165, 1.54) is 38.6 Å². The molecule has 17 heavy (non-hydrogen) atoms.